The molecule has 0 saturated heterocycles. The SMILES string of the molecule is CCC1CCCC(NCc2cccnc2OC(C)C)CC1. The molecular weight excluding hydrogens is 260 g/mol. The minimum atomic E-state index is 0.168. The van der Waals surface area contributed by atoms with Gasteiger partial charge in [0.15, 0.2) is 0 Å². The normalized spacial score (nSPS) is 23.0. The highest BCUT2D eigenvalue weighted by atomic mass is 16.5. The van der Waals surface area contributed by atoms with Crippen LogP contribution >= 0.6 is 0 Å². The first-order valence-corrected chi connectivity index (χ1v) is 8.53. The summed E-state index contributed by atoms with van der Waals surface area (Å²) in [5.41, 5.74) is 1.17. The maximum absolute atomic E-state index is 5.79. The van der Waals surface area contributed by atoms with Gasteiger partial charge in [0.1, 0.15) is 0 Å². The average Bonchev–Trinajstić information content (AvgIpc) is 2.71. The summed E-state index contributed by atoms with van der Waals surface area (Å²) < 4.78 is 5.79. The molecule has 1 aliphatic rings. The Balaban J connectivity index is 1.88. The molecule has 1 fully saturated rings. The van der Waals surface area contributed by atoms with Gasteiger partial charge in [-0.05, 0) is 45.1 Å². The van der Waals surface area contributed by atoms with Gasteiger partial charge in [0, 0.05) is 24.3 Å². The molecule has 0 spiro atoms. The van der Waals surface area contributed by atoms with Crippen molar-refractivity contribution >= 4 is 0 Å². The van der Waals surface area contributed by atoms with Crippen molar-refractivity contribution < 1.29 is 4.74 Å². The second kappa shape index (κ2) is 8.38. The zero-order chi connectivity index (χ0) is 15.1. The summed E-state index contributed by atoms with van der Waals surface area (Å²) in [6.45, 7) is 7.27. The summed E-state index contributed by atoms with van der Waals surface area (Å²) in [5, 5.41) is 3.72. The molecule has 118 valence electrons. The van der Waals surface area contributed by atoms with E-state index in [0.717, 1.165) is 18.3 Å². The van der Waals surface area contributed by atoms with Gasteiger partial charge < -0.3 is 10.1 Å². The summed E-state index contributed by atoms with van der Waals surface area (Å²) in [7, 11) is 0. The molecule has 0 radical (unpaired) electrons. The summed E-state index contributed by atoms with van der Waals surface area (Å²) >= 11 is 0. The maximum Gasteiger partial charge on any atom is 0.218 e. The molecule has 0 bridgehead atoms. The summed E-state index contributed by atoms with van der Waals surface area (Å²) in [6, 6.07) is 4.75. The van der Waals surface area contributed by atoms with E-state index in [-0.39, 0.29) is 6.10 Å². The van der Waals surface area contributed by atoms with Gasteiger partial charge in [-0.1, -0.05) is 32.3 Å². The quantitative estimate of drug-likeness (QED) is 0.792. The molecule has 0 aliphatic heterocycles. The molecule has 2 atom stereocenters. The molecule has 1 aliphatic carbocycles. The van der Waals surface area contributed by atoms with E-state index in [2.05, 4.69) is 23.3 Å². The van der Waals surface area contributed by atoms with E-state index in [1.165, 1.54) is 44.1 Å². The fourth-order valence-corrected chi connectivity index (χ4v) is 3.13. The lowest BCUT2D eigenvalue weighted by Crippen LogP contribution is -2.28. The highest BCUT2D eigenvalue weighted by molar-refractivity contribution is 5.25. The van der Waals surface area contributed by atoms with E-state index < -0.39 is 0 Å². The lowest BCUT2D eigenvalue weighted by molar-refractivity contribution is 0.229. The van der Waals surface area contributed by atoms with Gasteiger partial charge in [-0.15, -0.1) is 0 Å². The number of nitrogens with one attached hydrogen (secondary N) is 1. The second-order valence-corrected chi connectivity index (χ2v) is 6.49. The first-order chi connectivity index (χ1) is 10.2. The molecule has 2 rings (SSSR count). The molecule has 0 amide bonds. The molecule has 3 nitrogen and oxygen atoms in total. The molecule has 1 heterocycles. The van der Waals surface area contributed by atoms with Crippen LogP contribution in [0.25, 0.3) is 0 Å². The van der Waals surface area contributed by atoms with Crippen molar-refractivity contribution in [3.63, 3.8) is 0 Å². The second-order valence-electron chi connectivity index (χ2n) is 6.49. The summed E-state index contributed by atoms with van der Waals surface area (Å²) in [6.07, 6.45) is 10.1. The van der Waals surface area contributed by atoms with Crippen LogP contribution < -0.4 is 10.1 Å². The lowest BCUT2D eigenvalue weighted by atomic mass is 9.98. The van der Waals surface area contributed by atoms with Crippen LogP contribution in [0, 0.1) is 5.92 Å². The predicted molar refractivity (Wildman–Crippen MR) is 87.5 cm³/mol. The van der Waals surface area contributed by atoms with Crippen molar-refractivity contribution in [2.24, 2.45) is 5.92 Å². The van der Waals surface area contributed by atoms with Crippen LogP contribution in [0.4, 0.5) is 0 Å². The Morgan fingerprint density at radius 3 is 2.90 bits per heavy atom. The summed E-state index contributed by atoms with van der Waals surface area (Å²) in [5.74, 6) is 1.72. The molecular formula is C18H30N2O. The number of ether oxygens (including phenoxy) is 1. The molecule has 1 aromatic heterocycles. The fraction of sp³-hybridized carbons (Fsp3) is 0.722. The predicted octanol–water partition coefficient (Wildman–Crippen LogP) is 4.32. The Bertz CT molecular complexity index is 419. The van der Waals surface area contributed by atoms with Gasteiger partial charge in [0.2, 0.25) is 5.88 Å². The largest absolute Gasteiger partial charge is 0.475 e. The number of hydrogen-bond acceptors (Lipinski definition) is 3. The highest BCUT2D eigenvalue weighted by Gasteiger charge is 2.18. The number of aromatic nitrogens is 1. The van der Waals surface area contributed by atoms with Crippen molar-refractivity contribution in [2.45, 2.75) is 78.0 Å². The molecule has 0 aromatic carbocycles. The van der Waals surface area contributed by atoms with Gasteiger partial charge in [-0.25, -0.2) is 4.98 Å². The first-order valence-electron chi connectivity index (χ1n) is 8.53. The zero-order valence-electron chi connectivity index (χ0n) is 13.8. The lowest BCUT2D eigenvalue weighted by Gasteiger charge is -2.18. The third kappa shape index (κ3) is 5.31. The topological polar surface area (TPSA) is 34.2 Å². The van der Waals surface area contributed by atoms with Gasteiger partial charge in [-0.3, -0.25) is 0 Å². The Morgan fingerprint density at radius 1 is 1.29 bits per heavy atom. The first kappa shape index (κ1) is 16.3. The van der Waals surface area contributed by atoms with Crippen LogP contribution in [0.15, 0.2) is 18.3 Å². The van der Waals surface area contributed by atoms with Crippen molar-refractivity contribution in [1.82, 2.24) is 10.3 Å². The van der Waals surface area contributed by atoms with Crippen molar-refractivity contribution in [1.29, 1.82) is 0 Å². The van der Waals surface area contributed by atoms with Crippen LogP contribution in [-0.4, -0.2) is 17.1 Å². The number of nitrogens with zero attached hydrogens (tertiary/aromatic N) is 1. The van der Waals surface area contributed by atoms with Gasteiger partial charge in [0.25, 0.3) is 0 Å². The minimum Gasteiger partial charge on any atom is -0.475 e. The van der Waals surface area contributed by atoms with Crippen LogP contribution in [-0.2, 0) is 6.54 Å². The van der Waals surface area contributed by atoms with Crippen LogP contribution in [0.3, 0.4) is 0 Å². The Kier molecular flexibility index (Phi) is 6.50. The monoisotopic (exact) mass is 290 g/mol. The third-order valence-electron chi connectivity index (χ3n) is 4.44. The van der Waals surface area contributed by atoms with E-state index in [0.29, 0.717) is 6.04 Å². The maximum atomic E-state index is 5.79. The molecule has 1 N–H and O–H groups in total. The summed E-state index contributed by atoms with van der Waals surface area (Å²) in [4.78, 5) is 4.36. The average molecular weight is 290 g/mol. The van der Waals surface area contributed by atoms with Crippen molar-refractivity contribution in [3.8, 4) is 5.88 Å². The molecule has 3 heteroatoms. The molecule has 21 heavy (non-hydrogen) atoms. The third-order valence-corrected chi connectivity index (χ3v) is 4.44. The number of pyridine rings is 1. The number of rotatable bonds is 6. The van der Waals surface area contributed by atoms with Crippen LogP contribution in [0.1, 0.15) is 64.9 Å². The zero-order valence-corrected chi connectivity index (χ0v) is 13.8. The van der Waals surface area contributed by atoms with E-state index >= 15 is 0 Å². The standard InChI is InChI=1S/C18H30N2O/c1-4-15-7-5-9-17(11-10-15)20-13-16-8-6-12-19-18(16)21-14(2)3/h6,8,12,14-15,17,20H,4-5,7,9-11,13H2,1-3H3. The highest BCUT2D eigenvalue weighted by Crippen LogP contribution is 2.26. The molecule has 2 unspecified atom stereocenters. The number of hydrogen-bond donors (Lipinski definition) is 1. The smallest absolute Gasteiger partial charge is 0.218 e. The van der Waals surface area contributed by atoms with E-state index in [1.54, 1.807) is 6.20 Å². The van der Waals surface area contributed by atoms with Gasteiger partial charge in [0.05, 0.1) is 6.10 Å². The Hall–Kier alpha value is -1.09. The van der Waals surface area contributed by atoms with E-state index in [9.17, 15) is 0 Å². The van der Waals surface area contributed by atoms with E-state index in [1.807, 2.05) is 19.9 Å². The van der Waals surface area contributed by atoms with Crippen molar-refractivity contribution in [3.05, 3.63) is 23.9 Å². The Labute approximate surface area is 129 Å². The molecule has 1 aromatic rings. The Morgan fingerprint density at radius 2 is 2.14 bits per heavy atom. The molecule has 1 saturated carbocycles. The van der Waals surface area contributed by atoms with Gasteiger partial charge >= 0.3 is 0 Å². The fourth-order valence-electron chi connectivity index (χ4n) is 3.13. The van der Waals surface area contributed by atoms with E-state index in [4.69, 9.17) is 4.74 Å². The van der Waals surface area contributed by atoms with Crippen LogP contribution in [0.5, 0.6) is 5.88 Å². The van der Waals surface area contributed by atoms with Crippen molar-refractivity contribution in [2.75, 3.05) is 0 Å². The minimum absolute atomic E-state index is 0.168. The van der Waals surface area contributed by atoms with Crippen LogP contribution in [0.2, 0.25) is 0 Å². The van der Waals surface area contributed by atoms with Gasteiger partial charge in [-0.2, -0.15) is 0 Å².